The summed E-state index contributed by atoms with van der Waals surface area (Å²) in [6, 6.07) is 14.4. The Morgan fingerprint density at radius 3 is 2.61 bits per heavy atom. The van der Waals surface area contributed by atoms with Gasteiger partial charge in [0.2, 0.25) is 0 Å². The van der Waals surface area contributed by atoms with Crippen LogP contribution >= 0.6 is 0 Å². The first-order chi connectivity index (χ1) is 16.0. The first-order valence-corrected chi connectivity index (χ1v) is 11.8. The molecule has 1 aromatic heterocycles. The second-order valence-electron chi connectivity index (χ2n) is 9.74. The van der Waals surface area contributed by atoms with E-state index in [0.717, 1.165) is 53.6 Å². The van der Waals surface area contributed by atoms with Crippen LogP contribution in [0.1, 0.15) is 52.9 Å². The Labute approximate surface area is 194 Å². The van der Waals surface area contributed by atoms with Crippen LogP contribution in [0.4, 0.5) is 0 Å². The van der Waals surface area contributed by atoms with Gasteiger partial charge in [0.05, 0.1) is 17.4 Å². The number of carbonyl (C=O) groups is 1. The van der Waals surface area contributed by atoms with Gasteiger partial charge in [-0.2, -0.15) is 5.10 Å². The third-order valence-corrected chi connectivity index (χ3v) is 7.38. The fourth-order valence-corrected chi connectivity index (χ4v) is 5.62. The second kappa shape index (κ2) is 7.73. The fraction of sp³-hybridized carbons (Fsp3) is 0.407. The number of hydrogen-bond donors (Lipinski definition) is 0. The third kappa shape index (κ3) is 3.62. The topological polar surface area (TPSA) is 56.6 Å². The quantitative estimate of drug-likeness (QED) is 0.557. The fourth-order valence-electron chi connectivity index (χ4n) is 5.62. The van der Waals surface area contributed by atoms with Crippen molar-refractivity contribution in [3.8, 4) is 16.9 Å². The van der Waals surface area contributed by atoms with Crippen molar-refractivity contribution in [1.82, 2.24) is 14.7 Å². The molecule has 170 valence electrons. The average Bonchev–Trinajstić information content (AvgIpc) is 3.57. The van der Waals surface area contributed by atoms with Gasteiger partial charge >= 0.3 is 0 Å². The highest BCUT2D eigenvalue weighted by molar-refractivity contribution is 6.01. The third-order valence-electron chi connectivity index (χ3n) is 7.38. The zero-order valence-corrected chi connectivity index (χ0v) is 19.2. The Morgan fingerprint density at radius 1 is 1.15 bits per heavy atom. The van der Waals surface area contributed by atoms with Gasteiger partial charge in [0, 0.05) is 31.9 Å². The zero-order valence-electron chi connectivity index (χ0n) is 19.2. The molecule has 3 aliphatic rings. The van der Waals surface area contributed by atoms with Crippen LogP contribution in [0, 0.1) is 6.92 Å². The Bertz CT molecular complexity index is 1210. The molecule has 4 heterocycles. The smallest absolute Gasteiger partial charge is 0.258 e. The van der Waals surface area contributed by atoms with E-state index in [0.29, 0.717) is 37.1 Å². The molecule has 0 aliphatic carbocycles. The van der Waals surface area contributed by atoms with Crippen LogP contribution in [-0.2, 0) is 24.9 Å². The summed E-state index contributed by atoms with van der Waals surface area (Å²) in [6.07, 6.45) is 6.81. The van der Waals surface area contributed by atoms with E-state index in [2.05, 4.69) is 29.4 Å². The molecule has 6 nitrogen and oxygen atoms in total. The number of carbonyl (C=O) groups excluding carboxylic acids is 1. The van der Waals surface area contributed by atoms with Crippen molar-refractivity contribution in [2.75, 3.05) is 6.61 Å². The molecule has 0 saturated carbocycles. The summed E-state index contributed by atoms with van der Waals surface area (Å²) in [5.41, 5.74) is 5.99. The minimum atomic E-state index is -0.150. The van der Waals surface area contributed by atoms with Crippen molar-refractivity contribution in [2.24, 2.45) is 7.05 Å². The monoisotopic (exact) mass is 443 g/mol. The minimum Gasteiger partial charge on any atom is -0.490 e. The number of aryl methyl sites for hydroxylation is 2. The summed E-state index contributed by atoms with van der Waals surface area (Å²) in [7, 11) is 1.93. The van der Waals surface area contributed by atoms with Gasteiger partial charge in [0.15, 0.2) is 0 Å². The molecule has 6 heteroatoms. The van der Waals surface area contributed by atoms with Gasteiger partial charge in [-0.1, -0.05) is 36.4 Å². The van der Waals surface area contributed by atoms with Gasteiger partial charge in [0.25, 0.3) is 5.91 Å². The van der Waals surface area contributed by atoms with Crippen molar-refractivity contribution in [3.63, 3.8) is 0 Å². The summed E-state index contributed by atoms with van der Waals surface area (Å²) < 4.78 is 14.2. The number of hydrogen-bond acceptors (Lipinski definition) is 4. The number of aromatic nitrogens is 2. The normalized spacial score (nSPS) is 23.4. The molecule has 1 amide bonds. The first kappa shape index (κ1) is 20.5. The van der Waals surface area contributed by atoms with E-state index >= 15 is 0 Å². The van der Waals surface area contributed by atoms with Gasteiger partial charge in [-0.3, -0.25) is 9.48 Å². The lowest BCUT2D eigenvalue weighted by atomic mass is 9.89. The standard InChI is InChI=1S/C27H29N3O3/c1-18-23(16-29(2)28-18)20-8-6-19(7-9-20)14-30-15-21-4-3-5-24(25(21)26(30)31)32-17-27-12-10-22(33-27)11-13-27/h3-9,16,22H,10-15,17H2,1-2H3. The average molecular weight is 444 g/mol. The van der Waals surface area contributed by atoms with Crippen molar-refractivity contribution >= 4 is 5.91 Å². The summed E-state index contributed by atoms with van der Waals surface area (Å²) >= 11 is 0. The Morgan fingerprint density at radius 2 is 1.94 bits per heavy atom. The maximum absolute atomic E-state index is 13.3. The molecule has 2 bridgehead atoms. The van der Waals surface area contributed by atoms with E-state index < -0.39 is 0 Å². The van der Waals surface area contributed by atoms with E-state index in [1.165, 1.54) is 0 Å². The Hall–Kier alpha value is -3.12. The van der Waals surface area contributed by atoms with Crippen molar-refractivity contribution < 1.29 is 14.3 Å². The van der Waals surface area contributed by atoms with Gasteiger partial charge in [-0.15, -0.1) is 0 Å². The van der Waals surface area contributed by atoms with E-state index in [1.54, 1.807) is 0 Å². The van der Waals surface area contributed by atoms with E-state index in [4.69, 9.17) is 9.47 Å². The van der Waals surface area contributed by atoms with Gasteiger partial charge < -0.3 is 14.4 Å². The zero-order chi connectivity index (χ0) is 22.6. The lowest BCUT2D eigenvalue weighted by Gasteiger charge is -2.25. The minimum absolute atomic E-state index is 0.0434. The largest absolute Gasteiger partial charge is 0.490 e. The molecule has 0 spiro atoms. The van der Waals surface area contributed by atoms with E-state index in [1.807, 2.05) is 47.9 Å². The number of ether oxygens (including phenoxy) is 2. The highest BCUT2D eigenvalue weighted by Crippen LogP contribution is 2.44. The summed E-state index contributed by atoms with van der Waals surface area (Å²) in [4.78, 5) is 15.2. The lowest BCUT2D eigenvalue weighted by Crippen LogP contribution is -2.33. The molecule has 3 aliphatic heterocycles. The van der Waals surface area contributed by atoms with Crippen LogP contribution in [0.3, 0.4) is 0 Å². The van der Waals surface area contributed by atoms with Crippen LogP contribution in [0.2, 0.25) is 0 Å². The van der Waals surface area contributed by atoms with Gasteiger partial charge in [-0.05, 0) is 55.4 Å². The molecule has 6 rings (SSSR count). The van der Waals surface area contributed by atoms with Crippen LogP contribution in [0.5, 0.6) is 5.75 Å². The molecular formula is C27H29N3O3. The summed E-state index contributed by atoms with van der Waals surface area (Å²) in [5, 5.41) is 4.43. The predicted molar refractivity (Wildman–Crippen MR) is 125 cm³/mol. The predicted octanol–water partition coefficient (Wildman–Crippen LogP) is 4.64. The Balaban J connectivity index is 1.16. The number of nitrogens with zero attached hydrogens (tertiary/aromatic N) is 3. The number of amides is 1. The molecule has 0 radical (unpaired) electrons. The molecule has 2 aromatic carbocycles. The molecule has 0 atom stereocenters. The van der Waals surface area contributed by atoms with Crippen molar-refractivity contribution in [1.29, 1.82) is 0 Å². The number of benzene rings is 2. The van der Waals surface area contributed by atoms with Crippen LogP contribution in [0.15, 0.2) is 48.7 Å². The van der Waals surface area contributed by atoms with E-state index in [-0.39, 0.29) is 11.5 Å². The molecule has 33 heavy (non-hydrogen) atoms. The second-order valence-corrected chi connectivity index (χ2v) is 9.74. The van der Waals surface area contributed by atoms with Crippen molar-refractivity contribution in [3.05, 3.63) is 71.0 Å². The first-order valence-electron chi connectivity index (χ1n) is 11.8. The van der Waals surface area contributed by atoms with Crippen LogP contribution in [0.25, 0.3) is 11.1 Å². The highest BCUT2D eigenvalue weighted by Gasteiger charge is 2.47. The summed E-state index contributed by atoms with van der Waals surface area (Å²) in [5.74, 6) is 0.734. The SMILES string of the molecule is Cc1nn(C)cc1-c1ccc(CN2Cc3cccc(OCC45CCC(CC4)O5)c3C2=O)cc1. The maximum atomic E-state index is 13.3. The molecule has 2 saturated heterocycles. The van der Waals surface area contributed by atoms with Crippen LogP contribution in [-0.4, -0.2) is 38.9 Å². The summed E-state index contributed by atoms with van der Waals surface area (Å²) in [6.45, 7) is 3.74. The molecule has 2 fully saturated rings. The number of fused-ring (bicyclic) bond motifs is 3. The highest BCUT2D eigenvalue weighted by atomic mass is 16.6. The van der Waals surface area contributed by atoms with Gasteiger partial charge in [-0.25, -0.2) is 0 Å². The Kier molecular flexibility index (Phi) is 4.80. The van der Waals surface area contributed by atoms with Crippen molar-refractivity contribution in [2.45, 2.75) is 57.4 Å². The van der Waals surface area contributed by atoms with Crippen LogP contribution < -0.4 is 4.74 Å². The maximum Gasteiger partial charge on any atom is 0.258 e. The number of rotatable bonds is 6. The lowest BCUT2D eigenvalue weighted by molar-refractivity contribution is -0.0200. The molecular weight excluding hydrogens is 414 g/mol. The molecule has 0 N–H and O–H groups in total. The van der Waals surface area contributed by atoms with Gasteiger partial charge in [0.1, 0.15) is 18.0 Å². The van der Waals surface area contributed by atoms with E-state index in [9.17, 15) is 4.79 Å². The molecule has 3 aromatic rings. The molecule has 0 unspecified atom stereocenters.